The van der Waals surface area contributed by atoms with Gasteiger partial charge >= 0.3 is 0 Å². The third-order valence-electron chi connectivity index (χ3n) is 7.62. The Labute approximate surface area is 232 Å². The number of rotatable bonds is 2. The molecule has 0 radical (unpaired) electrons. The van der Waals surface area contributed by atoms with Crippen LogP contribution in [0, 0.1) is 51.8 Å². The third kappa shape index (κ3) is 3.62. The molecule has 7 aromatic rings. The van der Waals surface area contributed by atoms with Crippen LogP contribution in [-0.4, -0.2) is 0 Å². The molecule has 7 aromatic carbocycles. The number of hydrogen-bond donors (Lipinski definition) is 1. The van der Waals surface area contributed by atoms with Crippen LogP contribution < -0.4 is 10.7 Å². The molecule has 0 amide bonds. The monoisotopic (exact) mass is 565 g/mol. The van der Waals surface area contributed by atoms with Gasteiger partial charge in [-0.05, 0) is 92.3 Å². The molecule has 0 saturated carbocycles. The Bertz CT molecular complexity index is 2420. The lowest BCUT2D eigenvalue weighted by atomic mass is 10.0. The summed E-state index contributed by atoms with van der Waals surface area (Å²) in [6, 6.07) is 17.1. The predicted molar refractivity (Wildman–Crippen MR) is 146 cm³/mol. The van der Waals surface area contributed by atoms with E-state index in [9.17, 15) is 31.6 Å². The minimum atomic E-state index is -1.57. The van der Waals surface area contributed by atoms with E-state index in [1.165, 1.54) is 0 Å². The van der Waals surface area contributed by atoms with Crippen molar-refractivity contribution in [3.63, 3.8) is 0 Å². The molecule has 42 heavy (non-hydrogen) atoms. The van der Waals surface area contributed by atoms with Crippen LogP contribution >= 0.6 is 0 Å². The highest BCUT2D eigenvalue weighted by Gasteiger charge is 2.18. The van der Waals surface area contributed by atoms with Gasteiger partial charge in [-0.15, -0.1) is 0 Å². The van der Waals surface area contributed by atoms with Crippen LogP contribution in [0.5, 0.6) is 0 Å². The molecule has 0 spiro atoms. The van der Waals surface area contributed by atoms with Crippen LogP contribution in [0.4, 0.5) is 26.3 Å². The van der Waals surface area contributed by atoms with Crippen molar-refractivity contribution < 1.29 is 26.3 Å². The van der Waals surface area contributed by atoms with E-state index in [1.54, 1.807) is 48.7 Å². The van der Waals surface area contributed by atoms with Crippen molar-refractivity contribution in [3.05, 3.63) is 118 Å². The van der Waals surface area contributed by atoms with E-state index in [0.717, 1.165) is 24.3 Å². The minimum Gasteiger partial charge on any atom is -0.300 e. The summed E-state index contributed by atoms with van der Waals surface area (Å²) in [4.78, 5) is 4.01. The van der Waals surface area contributed by atoms with Gasteiger partial charge in [0.15, 0.2) is 34.9 Å². The van der Waals surface area contributed by atoms with Gasteiger partial charge in [0.05, 0.1) is 10.7 Å². The second kappa shape index (κ2) is 9.01. The molecule has 0 aliphatic heterocycles. The van der Waals surface area contributed by atoms with E-state index >= 15 is 0 Å². The van der Waals surface area contributed by atoms with E-state index in [2.05, 4.69) is 4.99 Å². The van der Waals surface area contributed by atoms with Crippen molar-refractivity contribution >= 4 is 43.1 Å². The molecular weight excluding hydrogens is 552 g/mol. The lowest BCUT2D eigenvalue weighted by Gasteiger charge is -2.05. The summed E-state index contributed by atoms with van der Waals surface area (Å²) >= 11 is 0. The standard InChI is InChI=1S/C33H13F6N3/c34-26-7-16(8-27(35)30(26)38)14-1-3-18-20-11-21-19-4-2-15(17-9-28(36)31(39)29(37)10-17)6-24(19)33(42-13-40)25(21)12-23(20)32(41)22(18)5-14/h1-12,41H. The quantitative estimate of drug-likeness (QED) is 0.128. The van der Waals surface area contributed by atoms with Crippen molar-refractivity contribution in [3.8, 4) is 28.4 Å². The highest BCUT2D eigenvalue weighted by atomic mass is 19.2. The van der Waals surface area contributed by atoms with Gasteiger partial charge in [-0.3, -0.25) is 5.41 Å². The number of nitrogens with one attached hydrogen (secondary N) is 1. The maximum absolute atomic E-state index is 13.9. The summed E-state index contributed by atoms with van der Waals surface area (Å²) in [7, 11) is 0. The number of nitriles is 1. The fourth-order valence-electron chi connectivity index (χ4n) is 5.67. The van der Waals surface area contributed by atoms with Crippen molar-refractivity contribution in [2.75, 3.05) is 0 Å². The van der Waals surface area contributed by atoms with E-state index in [0.29, 0.717) is 59.6 Å². The minimum absolute atomic E-state index is 0.108. The molecule has 0 fully saturated rings. The van der Waals surface area contributed by atoms with E-state index in [1.807, 2.05) is 6.07 Å². The molecule has 3 nitrogen and oxygen atoms in total. The second-order valence-electron chi connectivity index (χ2n) is 9.91. The zero-order valence-corrected chi connectivity index (χ0v) is 21.1. The number of hydrogen-bond acceptors (Lipinski definition) is 3. The molecule has 0 bridgehead atoms. The first-order chi connectivity index (χ1) is 20.2. The zero-order valence-electron chi connectivity index (χ0n) is 21.1. The fraction of sp³-hybridized carbons (Fsp3) is 0. The topological polar surface area (TPSA) is 60.0 Å². The lowest BCUT2D eigenvalue weighted by molar-refractivity contribution is 0.447. The maximum atomic E-state index is 13.9. The first-order valence-corrected chi connectivity index (χ1v) is 12.5. The van der Waals surface area contributed by atoms with Crippen molar-refractivity contribution in [1.82, 2.24) is 0 Å². The Kier molecular flexibility index (Phi) is 5.47. The average molecular weight is 565 g/mol. The summed E-state index contributed by atoms with van der Waals surface area (Å²) in [5, 5.41) is 23.7. The predicted octanol–water partition coefficient (Wildman–Crippen LogP) is 8.20. The highest BCUT2D eigenvalue weighted by Crippen LogP contribution is 2.36. The summed E-state index contributed by atoms with van der Waals surface area (Å²) in [6.07, 6.45) is 1.79. The van der Waals surface area contributed by atoms with Crippen LogP contribution in [0.15, 0.2) is 77.8 Å². The van der Waals surface area contributed by atoms with Crippen LogP contribution in [0.1, 0.15) is 0 Å². The van der Waals surface area contributed by atoms with Crippen molar-refractivity contribution in [1.29, 1.82) is 10.7 Å². The van der Waals surface area contributed by atoms with E-state index in [-0.39, 0.29) is 16.5 Å². The Hall–Kier alpha value is -5.49. The smallest absolute Gasteiger partial charge is 0.206 e. The lowest BCUT2D eigenvalue weighted by Crippen LogP contribution is -2.00. The van der Waals surface area contributed by atoms with Gasteiger partial charge in [-0.25, -0.2) is 26.3 Å². The number of benzene rings is 5. The van der Waals surface area contributed by atoms with E-state index in [4.69, 9.17) is 5.41 Å². The highest BCUT2D eigenvalue weighted by molar-refractivity contribution is 6.21. The van der Waals surface area contributed by atoms with Gasteiger partial charge in [0.25, 0.3) is 0 Å². The molecule has 202 valence electrons. The van der Waals surface area contributed by atoms with Gasteiger partial charge in [0, 0.05) is 21.5 Å². The molecule has 0 aromatic heterocycles. The maximum Gasteiger partial charge on any atom is 0.206 e. The Morgan fingerprint density at radius 3 is 1.40 bits per heavy atom. The molecule has 9 heteroatoms. The molecule has 7 rings (SSSR count). The van der Waals surface area contributed by atoms with Crippen LogP contribution in [0.3, 0.4) is 0 Å². The van der Waals surface area contributed by atoms with Crippen LogP contribution in [-0.2, 0) is 0 Å². The molecule has 0 unspecified atom stereocenters. The van der Waals surface area contributed by atoms with E-state index < -0.39 is 34.9 Å². The molecule has 0 saturated heterocycles. The van der Waals surface area contributed by atoms with Gasteiger partial charge in [-0.1, -0.05) is 24.3 Å². The zero-order chi connectivity index (χ0) is 29.4. The first kappa shape index (κ1) is 25.5. The van der Waals surface area contributed by atoms with Crippen molar-refractivity contribution in [2.24, 2.45) is 4.99 Å². The average Bonchev–Trinajstić information content (AvgIpc) is 3.43. The third-order valence-corrected chi connectivity index (χ3v) is 7.62. The second-order valence-corrected chi connectivity index (χ2v) is 9.91. The largest absolute Gasteiger partial charge is 0.300 e. The van der Waals surface area contributed by atoms with Gasteiger partial charge in [0.2, 0.25) is 6.19 Å². The normalized spacial score (nSPS) is 12.3. The SMILES string of the molecule is N#CN=c1c2cc(-c3cc(F)c(F)c(F)c3)ccc2c2cc3c(cc12)c(=N)c1cc(-c2cc(F)c(F)c(F)c2)ccc13. The molecular formula is C33H13F6N3. The van der Waals surface area contributed by atoms with Gasteiger partial charge in [0.1, 0.15) is 0 Å². The Morgan fingerprint density at radius 2 is 0.881 bits per heavy atom. The Balaban J connectivity index is 1.48. The van der Waals surface area contributed by atoms with Gasteiger partial charge in [-0.2, -0.15) is 10.3 Å². The molecule has 0 aliphatic rings. The van der Waals surface area contributed by atoms with Crippen LogP contribution in [0.2, 0.25) is 0 Å². The Morgan fingerprint density at radius 1 is 0.476 bits per heavy atom. The summed E-state index contributed by atoms with van der Waals surface area (Å²) in [6.45, 7) is 0. The fourth-order valence-corrected chi connectivity index (χ4v) is 5.67. The molecule has 0 aliphatic carbocycles. The summed E-state index contributed by atoms with van der Waals surface area (Å²) < 4.78 is 82.6. The molecule has 1 N–H and O–H groups in total. The summed E-state index contributed by atoms with van der Waals surface area (Å²) in [5.74, 6) is -8.42. The van der Waals surface area contributed by atoms with Gasteiger partial charge < -0.3 is 0 Å². The number of halogens is 6. The summed E-state index contributed by atoms with van der Waals surface area (Å²) in [5.41, 5.74) is 1.01. The number of nitrogens with zero attached hydrogens (tertiary/aromatic N) is 2. The first-order valence-electron chi connectivity index (χ1n) is 12.5. The molecule has 0 atom stereocenters. The molecule has 0 heterocycles. The van der Waals surface area contributed by atoms with Crippen molar-refractivity contribution in [2.45, 2.75) is 0 Å². The van der Waals surface area contributed by atoms with Crippen LogP contribution in [0.25, 0.3) is 65.3 Å². The number of fused-ring (bicyclic) bond motifs is 6.